The van der Waals surface area contributed by atoms with Gasteiger partial charge in [0, 0.05) is 13.0 Å². The van der Waals surface area contributed by atoms with Crippen LogP contribution >= 0.6 is 0 Å². The quantitative estimate of drug-likeness (QED) is 0.734. The standard InChI is InChI=1S/C14H25NO3/c1-10(2)7-14(5-6-14)9-15-11(16)8-13(3,4)12(17)18/h10H,5-9H2,1-4H3,(H,15,16)(H,17,18). The van der Waals surface area contributed by atoms with Gasteiger partial charge in [-0.3, -0.25) is 9.59 Å². The smallest absolute Gasteiger partial charge is 0.309 e. The van der Waals surface area contributed by atoms with Gasteiger partial charge in [-0.2, -0.15) is 0 Å². The largest absolute Gasteiger partial charge is 0.481 e. The van der Waals surface area contributed by atoms with Crippen molar-refractivity contribution in [3.8, 4) is 0 Å². The molecule has 4 nitrogen and oxygen atoms in total. The van der Waals surface area contributed by atoms with Crippen LogP contribution in [0.25, 0.3) is 0 Å². The molecule has 1 saturated carbocycles. The SMILES string of the molecule is CC(C)CC1(CNC(=O)CC(C)(C)C(=O)O)CC1. The molecule has 0 aromatic heterocycles. The summed E-state index contributed by atoms with van der Waals surface area (Å²) in [7, 11) is 0. The summed E-state index contributed by atoms with van der Waals surface area (Å²) in [4.78, 5) is 22.7. The van der Waals surface area contributed by atoms with Gasteiger partial charge in [0.05, 0.1) is 5.41 Å². The average molecular weight is 255 g/mol. The maximum Gasteiger partial charge on any atom is 0.309 e. The van der Waals surface area contributed by atoms with Crippen molar-refractivity contribution in [2.75, 3.05) is 6.54 Å². The molecule has 0 heterocycles. The van der Waals surface area contributed by atoms with E-state index in [0.717, 1.165) is 6.42 Å². The molecule has 0 saturated heterocycles. The fourth-order valence-electron chi connectivity index (χ4n) is 2.32. The number of rotatable bonds is 7. The summed E-state index contributed by atoms with van der Waals surface area (Å²) in [5.41, 5.74) is -0.698. The summed E-state index contributed by atoms with van der Waals surface area (Å²) in [6.45, 7) is 8.23. The van der Waals surface area contributed by atoms with Crippen molar-refractivity contribution in [3.63, 3.8) is 0 Å². The lowest BCUT2D eigenvalue weighted by atomic mass is 9.89. The van der Waals surface area contributed by atoms with Crippen LogP contribution in [0.3, 0.4) is 0 Å². The highest BCUT2D eigenvalue weighted by Gasteiger charge is 2.43. The molecule has 104 valence electrons. The number of carbonyl (C=O) groups is 2. The number of nitrogens with one attached hydrogen (secondary N) is 1. The number of hydrogen-bond acceptors (Lipinski definition) is 2. The number of hydrogen-bond donors (Lipinski definition) is 2. The lowest BCUT2D eigenvalue weighted by Gasteiger charge is -2.21. The van der Waals surface area contributed by atoms with Gasteiger partial charge in [0.25, 0.3) is 0 Å². The van der Waals surface area contributed by atoms with Crippen LogP contribution in [-0.2, 0) is 9.59 Å². The Morgan fingerprint density at radius 3 is 2.28 bits per heavy atom. The molecule has 0 aromatic carbocycles. The third-order valence-electron chi connectivity index (χ3n) is 3.64. The van der Waals surface area contributed by atoms with Crippen molar-refractivity contribution < 1.29 is 14.7 Å². The molecule has 2 N–H and O–H groups in total. The Bertz CT molecular complexity index is 330. The van der Waals surface area contributed by atoms with Crippen LogP contribution in [0.4, 0.5) is 0 Å². The highest BCUT2D eigenvalue weighted by molar-refractivity contribution is 5.84. The molecule has 4 heteroatoms. The predicted octanol–water partition coefficient (Wildman–Crippen LogP) is 2.43. The minimum atomic E-state index is -0.987. The van der Waals surface area contributed by atoms with E-state index in [1.54, 1.807) is 13.8 Å². The molecular formula is C14H25NO3. The molecule has 1 fully saturated rings. The Kier molecular flexibility index (Phi) is 4.41. The van der Waals surface area contributed by atoms with Crippen LogP contribution in [0.1, 0.15) is 53.4 Å². The van der Waals surface area contributed by atoms with E-state index in [4.69, 9.17) is 5.11 Å². The lowest BCUT2D eigenvalue weighted by Crippen LogP contribution is -2.36. The molecular weight excluding hydrogens is 230 g/mol. The maximum absolute atomic E-state index is 11.7. The van der Waals surface area contributed by atoms with Gasteiger partial charge in [-0.25, -0.2) is 0 Å². The highest BCUT2D eigenvalue weighted by Crippen LogP contribution is 2.50. The zero-order chi connectivity index (χ0) is 14.0. The topological polar surface area (TPSA) is 66.4 Å². The van der Waals surface area contributed by atoms with Gasteiger partial charge in [-0.1, -0.05) is 13.8 Å². The number of carboxylic acid groups (broad SMARTS) is 1. The number of aliphatic carboxylic acids is 1. The molecule has 0 aliphatic heterocycles. The Morgan fingerprint density at radius 2 is 1.89 bits per heavy atom. The molecule has 1 amide bonds. The second-order valence-corrected chi connectivity index (χ2v) is 6.74. The van der Waals surface area contributed by atoms with Crippen molar-refractivity contribution in [3.05, 3.63) is 0 Å². The van der Waals surface area contributed by atoms with Gasteiger partial charge in [-0.15, -0.1) is 0 Å². The number of carboxylic acids is 1. The molecule has 1 rings (SSSR count). The van der Waals surface area contributed by atoms with E-state index in [-0.39, 0.29) is 17.7 Å². The second-order valence-electron chi connectivity index (χ2n) is 6.74. The van der Waals surface area contributed by atoms with Crippen LogP contribution in [0.5, 0.6) is 0 Å². The predicted molar refractivity (Wildman–Crippen MR) is 70.2 cm³/mol. The van der Waals surface area contributed by atoms with Crippen LogP contribution in [0.2, 0.25) is 0 Å². The van der Waals surface area contributed by atoms with Crippen LogP contribution in [0, 0.1) is 16.7 Å². The van der Waals surface area contributed by atoms with Gasteiger partial charge in [0.1, 0.15) is 0 Å². The van der Waals surface area contributed by atoms with E-state index >= 15 is 0 Å². The Balaban J connectivity index is 2.36. The van der Waals surface area contributed by atoms with Gasteiger partial charge in [0.15, 0.2) is 0 Å². The van der Waals surface area contributed by atoms with Crippen LogP contribution in [-0.4, -0.2) is 23.5 Å². The zero-order valence-corrected chi connectivity index (χ0v) is 11.9. The fourth-order valence-corrected chi connectivity index (χ4v) is 2.32. The van der Waals surface area contributed by atoms with Crippen molar-refractivity contribution in [1.29, 1.82) is 0 Å². The first-order chi connectivity index (χ1) is 8.17. The van der Waals surface area contributed by atoms with Crippen molar-refractivity contribution in [1.82, 2.24) is 5.32 Å². The highest BCUT2D eigenvalue weighted by atomic mass is 16.4. The molecule has 0 bridgehead atoms. The number of amides is 1. The van der Waals surface area contributed by atoms with Crippen LogP contribution in [0.15, 0.2) is 0 Å². The van der Waals surface area contributed by atoms with E-state index in [1.165, 1.54) is 12.8 Å². The number of carbonyl (C=O) groups excluding carboxylic acids is 1. The summed E-state index contributed by atoms with van der Waals surface area (Å²) in [5, 5.41) is 11.9. The minimum Gasteiger partial charge on any atom is -0.481 e. The third-order valence-corrected chi connectivity index (χ3v) is 3.64. The molecule has 0 aromatic rings. The molecule has 0 spiro atoms. The van der Waals surface area contributed by atoms with Gasteiger partial charge in [0.2, 0.25) is 5.91 Å². The molecule has 1 aliphatic carbocycles. The first-order valence-corrected chi connectivity index (χ1v) is 6.67. The molecule has 0 radical (unpaired) electrons. The second kappa shape index (κ2) is 5.29. The van der Waals surface area contributed by atoms with Crippen molar-refractivity contribution in [2.45, 2.75) is 53.4 Å². The van der Waals surface area contributed by atoms with Gasteiger partial charge >= 0.3 is 5.97 Å². The molecule has 0 unspecified atom stereocenters. The van der Waals surface area contributed by atoms with Gasteiger partial charge < -0.3 is 10.4 Å². The van der Waals surface area contributed by atoms with Crippen molar-refractivity contribution >= 4 is 11.9 Å². The average Bonchev–Trinajstić information content (AvgIpc) is 2.93. The molecule has 18 heavy (non-hydrogen) atoms. The summed E-state index contributed by atoms with van der Waals surface area (Å²) >= 11 is 0. The monoisotopic (exact) mass is 255 g/mol. The first kappa shape index (κ1) is 15.0. The first-order valence-electron chi connectivity index (χ1n) is 6.67. The van der Waals surface area contributed by atoms with E-state index in [1.807, 2.05) is 0 Å². The van der Waals surface area contributed by atoms with E-state index in [9.17, 15) is 9.59 Å². The summed E-state index contributed by atoms with van der Waals surface area (Å²) in [6.07, 6.45) is 3.53. The maximum atomic E-state index is 11.7. The van der Waals surface area contributed by atoms with Crippen molar-refractivity contribution in [2.24, 2.45) is 16.7 Å². The van der Waals surface area contributed by atoms with E-state index in [2.05, 4.69) is 19.2 Å². The summed E-state index contributed by atoms with van der Waals surface area (Å²) in [6, 6.07) is 0. The Morgan fingerprint density at radius 1 is 1.33 bits per heavy atom. The Labute approximate surface area is 109 Å². The van der Waals surface area contributed by atoms with E-state index in [0.29, 0.717) is 12.5 Å². The summed E-state index contributed by atoms with van der Waals surface area (Å²) < 4.78 is 0. The molecule has 0 atom stereocenters. The van der Waals surface area contributed by atoms with Crippen LogP contribution < -0.4 is 5.32 Å². The normalized spacial score (nSPS) is 17.6. The molecule has 1 aliphatic rings. The van der Waals surface area contributed by atoms with E-state index < -0.39 is 11.4 Å². The Hall–Kier alpha value is -1.06. The van der Waals surface area contributed by atoms with Gasteiger partial charge in [-0.05, 0) is 44.4 Å². The zero-order valence-electron chi connectivity index (χ0n) is 11.9. The lowest BCUT2D eigenvalue weighted by molar-refractivity contribution is -0.149. The fraction of sp³-hybridized carbons (Fsp3) is 0.857. The minimum absolute atomic E-state index is 0.0418. The summed E-state index contributed by atoms with van der Waals surface area (Å²) in [5.74, 6) is -0.446. The third kappa shape index (κ3) is 4.31.